The molecule has 18 heavy (non-hydrogen) atoms. The number of nitrogens with two attached hydrogens (primary N) is 1. The van der Waals surface area contributed by atoms with Gasteiger partial charge in [-0.2, -0.15) is 0 Å². The molecule has 1 fully saturated rings. The fourth-order valence-electron chi connectivity index (χ4n) is 2.00. The van der Waals surface area contributed by atoms with Crippen LogP contribution in [0.2, 0.25) is 0 Å². The van der Waals surface area contributed by atoms with Gasteiger partial charge in [0.25, 0.3) is 0 Å². The van der Waals surface area contributed by atoms with E-state index in [0.717, 1.165) is 12.8 Å². The normalized spacial score (nSPS) is 22.4. The second-order valence-corrected chi connectivity index (χ2v) is 5.69. The van der Waals surface area contributed by atoms with Crippen LogP contribution in [-0.2, 0) is 9.53 Å². The van der Waals surface area contributed by atoms with E-state index in [1.54, 1.807) is 25.7 Å². The van der Waals surface area contributed by atoms with Gasteiger partial charge in [0.05, 0.1) is 0 Å². The highest BCUT2D eigenvalue weighted by Gasteiger charge is 2.32. The number of piperidine rings is 1. The zero-order chi connectivity index (χ0) is 13.9. The third-order valence-corrected chi connectivity index (χ3v) is 2.90. The zero-order valence-corrected chi connectivity index (χ0v) is 11.2. The molecule has 0 spiro atoms. The molecule has 0 saturated carbocycles. The summed E-state index contributed by atoms with van der Waals surface area (Å²) >= 11 is 0. The third-order valence-electron chi connectivity index (χ3n) is 2.90. The van der Waals surface area contributed by atoms with E-state index < -0.39 is 23.7 Å². The summed E-state index contributed by atoms with van der Waals surface area (Å²) in [5, 5.41) is 8.89. The van der Waals surface area contributed by atoms with Crippen molar-refractivity contribution in [2.45, 2.75) is 45.3 Å². The fourth-order valence-corrected chi connectivity index (χ4v) is 2.00. The lowest BCUT2D eigenvalue weighted by Crippen LogP contribution is -2.49. The van der Waals surface area contributed by atoms with E-state index in [4.69, 9.17) is 15.6 Å². The number of carboxylic acids is 1. The topological polar surface area (TPSA) is 92.9 Å². The molecule has 6 nitrogen and oxygen atoms in total. The molecule has 0 aromatic rings. The Morgan fingerprint density at radius 1 is 1.44 bits per heavy atom. The average molecular weight is 258 g/mol. The van der Waals surface area contributed by atoms with E-state index in [0.29, 0.717) is 13.1 Å². The predicted molar refractivity (Wildman–Crippen MR) is 66.1 cm³/mol. The van der Waals surface area contributed by atoms with Crippen molar-refractivity contribution < 1.29 is 19.4 Å². The molecule has 0 aromatic heterocycles. The molecule has 0 aromatic carbocycles. The Morgan fingerprint density at radius 3 is 2.56 bits per heavy atom. The number of amides is 1. The number of hydrogen-bond donors (Lipinski definition) is 2. The zero-order valence-electron chi connectivity index (χ0n) is 11.2. The molecule has 2 atom stereocenters. The smallest absolute Gasteiger partial charge is 0.410 e. The van der Waals surface area contributed by atoms with Crippen molar-refractivity contribution in [3.8, 4) is 0 Å². The van der Waals surface area contributed by atoms with Crippen LogP contribution in [0.25, 0.3) is 0 Å². The van der Waals surface area contributed by atoms with E-state index in [9.17, 15) is 9.59 Å². The number of carboxylic acid groups (broad SMARTS) is 1. The summed E-state index contributed by atoms with van der Waals surface area (Å²) < 4.78 is 5.26. The van der Waals surface area contributed by atoms with Gasteiger partial charge in [-0.1, -0.05) is 0 Å². The van der Waals surface area contributed by atoms with Crippen LogP contribution in [0.5, 0.6) is 0 Å². The lowest BCUT2D eigenvalue weighted by atomic mass is 9.91. The SMILES string of the molecule is CC(C)(C)OC(=O)N1CCCC([C@@H](N)C(=O)O)C1. The summed E-state index contributed by atoms with van der Waals surface area (Å²) in [7, 11) is 0. The third kappa shape index (κ3) is 4.18. The highest BCUT2D eigenvalue weighted by molar-refractivity contribution is 5.74. The Kier molecular flexibility index (Phi) is 4.56. The summed E-state index contributed by atoms with van der Waals surface area (Å²) in [6, 6.07) is -0.921. The molecule has 6 heteroatoms. The molecule has 104 valence electrons. The van der Waals surface area contributed by atoms with Gasteiger partial charge in [0.15, 0.2) is 0 Å². The van der Waals surface area contributed by atoms with Crippen molar-refractivity contribution >= 4 is 12.1 Å². The molecule has 1 saturated heterocycles. The molecule has 0 bridgehead atoms. The van der Waals surface area contributed by atoms with E-state index in [1.165, 1.54) is 0 Å². The van der Waals surface area contributed by atoms with Gasteiger partial charge < -0.3 is 20.5 Å². The number of hydrogen-bond acceptors (Lipinski definition) is 4. The second-order valence-electron chi connectivity index (χ2n) is 5.69. The average Bonchev–Trinajstić information content (AvgIpc) is 2.25. The van der Waals surface area contributed by atoms with Gasteiger partial charge in [0.2, 0.25) is 0 Å². The number of rotatable bonds is 2. The van der Waals surface area contributed by atoms with Crippen molar-refractivity contribution in [3.63, 3.8) is 0 Å². The standard InChI is InChI=1S/C12H22N2O4/c1-12(2,3)18-11(17)14-6-4-5-8(7-14)9(13)10(15)16/h8-9H,4-7,13H2,1-3H3,(H,15,16)/t8?,9-/m1/s1. The minimum absolute atomic E-state index is 0.205. The Hall–Kier alpha value is -1.30. The molecule has 1 aliphatic rings. The van der Waals surface area contributed by atoms with Gasteiger partial charge in [-0.25, -0.2) is 4.79 Å². The molecule has 1 aliphatic heterocycles. The molecular formula is C12H22N2O4. The first-order valence-corrected chi connectivity index (χ1v) is 6.17. The summed E-state index contributed by atoms with van der Waals surface area (Å²) in [6.07, 6.45) is 1.09. The first-order chi connectivity index (χ1) is 8.20. The van der Waals surface area contributed by atoms with Gasteiger partial charge in [0.1, 0.15) is 11.6 Å². The summed E-state index contributed by atoms with van der Waals surface area (Å²) in [5.41, 5.74) is 5.06. The van der Waals surface area contributed by atoms with Crippen LogP contribution >= 0.6 is 0 Å². The number of aliphatic carboxylic acids is 1. The van der Waals surface area contributed by atoms with Crippen molar-refractivity contribution in [2.24, 2.45) is 11.7 Å². The Labute approximate surface area is 107 Å². The van der Waals surface area contributed by atoms with Gasteiger partial charge in [-0.15, -0.1) is 0 Å². The van der Waals surface area contributed by atoms with Gasteiger partial charge >= 0.3 is 12.1 Å². The van der Waals surface area contributed by atoms with E-state index in [-0.39, 0.29) is 5.92 Å². The predicted octanol–water partition coefficient (Wildman–Crippen LogP) is 1.05. The summed E-state index contributed by atoms with van der Waals surface area (Å²) in [5.74, 6) is -1.23. The molecular weight excluding hydrogens is 236 g/mol. The van der Waals surface area contributed by atoms with Crippen molar-refractivity contribution in [1.82, 2.24) is 4.90 Å². The molecule has 1 heterocycles. The largest absolute Gasteiger partial charge is 0.480 e. The highest BCUT2D eigenvalue weighted by atomic mass is 16.6. The van der Waals surface area contributed by atoms with Crippen LogP contribution in [0.15, 0.2) is 0 Å². The van der Waals surface area contributed by atoms with Crippen molar-refractivity contribution in [3.05, 3.63) is 0 Å². The summed E-state index contributed by atoms with van der Waals surface area (Å²) in [4.78, 5) is 24.3. The molecule has 0 radical (unpaired) electrons. The van der Waals surface area contributed by atoms with Gasteiger partial charge in [0, 0.05) is 19.0 Å². The molecule has 1 amide bonds. The minimum Gasteiger partial charge on any atom is -0.480 e. The lowest BCUT2D eigenvalue weighted by Gasteiger charge is -2.35. The van der Waals surface area contributed by atoms with Crippen LogP contribution in [-0.4, -0.2) is 46.8 Å². The Morgan fingerprint density at radius 2 is 2.06 bits per heavy atom. The maximum Gasteiger partial charge on any atom is 0.410 e. The van der Waals surface area contributed by atoms with Crippen molar-refractivity contribution in [1.29, 1.82) is 0 Å². The highest BCUT2D eigenvalue weighted by Crippen LogP contribution is 2.21. The number of likely N-dealkylation sites (tertiary alicyclic amines) is 1. The number of carbonyl (C=O) groups excluding carboxylic acids is 1. The maximum absolute atomic E-state index is 11.9. The summed E-state index contributed by atoms with van der Waals surface area (Å²) in [6.45, 7) is 6.35. The fraction of sp³-hybridized carbons (Fsp3) is 0.833. The van der Waals surface area contributed by atoms with Gasteiger partial charge in [-0.3, -0.25) is 4.79 Å². The molecule has 1 unspecified atom stereocenters. The Balaban J connectivity index is 2.58. The molecule has 3 N–H and O–H groups in total. The maximum atomic E-state index is 11.9. The molecule has 0 aliphatic carbocycles. The number of ether oxygens (including phenoxy) is 1. The number of carbonyl (C=O) groups is 2. The first-order valence-electron chi connectivity index (χ1n) is 6.17. The van der Waals surface area contributed by atoms with Crippen LogP contribution in [0, 0.1) is 5.92 Å². The quantitative estimate of drug-likeness (QED) is 0.772. The molecule has 1 rings (SSSR count). The van der Waals surface area contributed by atoms with Gasteiger partial charge in [-0.05, 0) is 33.6 Å². The van der Waals surface area contributed by atoms with E-state index in [1.807, 2.05) is 0 Å². The monoisotopic (exact) mass is 258 g/mol. The Bertz CT molecular complexity index is 325. The van der Waals surface area contributed by atoms with E-state index >= 15 is 0 Å². The van der Waals surface area contributed by atoms with E-state index in [2.05, 4.69) is 0 Å². The van der Waals surface area contributed by atoms with Crippen molar-refractivity contribution in [2.75, 3.05) is 13.1 Å². The first kappa shape index (κ1) is 14.8. The minimum atomic E-state index is -1.02. The lowest BCUT2D eigenvalue weighted by molar-refractivity contribution is -0.140. The van der Waals surface area contributed by atoms with Crippen LogP contribution < -0.4 is 5.73 Å². The number of nitrogens with zero attached hydrogens (tertiary/aromatic N) is 1. The van der Waals surface area contributed by atoms with Crippen LogP contribution in [0.3, 0.4) is 0 Å². The van der Waals surface area contributed by atoms with Crippen LogP contribution in [0.1, 0.15) is 33.6 Å². The second kappa shape index (κ2) is 5.56. The van der Waals surface area contributed by atoms with Crippen LogP contribution in [0.4, 0.5) is 4.79 Å².